The quantitative estimate of drug-likeness (QED) is 0.509. The Kier molecular flexibility index (Phi) is 7.13. The summed E-state index contributed by atoms with van der Waals surface area (Å²) in [6, 6.07) is 16.1. The molecule has 0 spiro atoms. The van der Waals surface area contributed by atoms with Crippen LogP contribution >= 0.6 is 11.8 Å². The van der Waals surface area contributed by atoms with Crippen molar-refractivity contribution in [3.63, 3.8) is 0 Å². The van der Waals surface area contributed by atoms with Crippen molar-refractivity contribution in [3.05, 3.63) is 77.1 Å². The number of anilines is 3. The first-order valence-corrected chi connectivity index (χ1v) is 12.7. The highest BCUT2D eigenvalue weighted by Gasteiger charge is 2.26. The molecule has 0 unspecified atom stereocenters. The third-order valence-corrected chi connectivity index (χ3v) is 6.91. The normalized spacial score (nSPS) is 17.3. The van der Waals surface area contributed by atoms with Crippen molar-refractivity contribution in [3.8, 4) is 0 Å². The summed E-state index contributed by atoms with van der Waals surface area (Å²) in [7, 11) is 1.99. The van der Waals surface area contributed by atoms with Crippen molar-refractivity contribution < 1.29 is 9.59 Å². The summed E-state index contributed by atoms with van der Waals surface area (Å²) < 4.78 is 0. The zero-order valence-corrected chi connectivity index (χ0v) is 20.8. The minimum atomic E-state index is -0.396. The van der Waals surface area contributed by atoms with Gasteiger partial charge in [-0.25, -0.2) is 4.98 Å². The largest absolute Gasteiger partial charge is 0.370 e. The zero-order chi connectivity index (χ0) is 24.9. The van der Waals surface area contributed by atoms with Crippen molar-refractivity contribution in [1.29, 1.82) is 0 Å². The molecule has 2 saturated heterocycles. The molecule has 36 heavy (non-hydrogen) atoms. The van der Waals surface area contributed by atoms with Gasteiger partial charge in [-0.05, 0) is 42.0 Å². The molecule has 0 radical (unpaired) electrons. The van der Waals surface area contributed by atoms with E-state index in [4.69, 9.17) is 9.97 Å². The van der Waals surface area contributed by atoms with Gasteiger partial charge in [-0.2, -0.15) is 4.98 Å². The summed E-state index contributed by atoms with van der Waals surface area (Å²) in [4.78, 5) is 44.6. The summed E-state index contributed by atoms with van der Waals surface area (Å²) in [5.74, 6) is 0.971. The Morgan fingerprint density at radius 1 is 1.00 bits per heavy atom. The highest BCUT2D eigenvalue weighted by Crippen LogP contribution is 2.27. The molecule has 184 valence electrons. The molecule has 10 heteroatoms. The topological polar surface area (TPSA) is 94.6 Å². The van der Waals surface area contributed by atoms with E-state index in [0.717, 1.165) is 55.9 Å². The number of carbonyl (C=O) groups is 2. The Balaban J connectivity index is 1.43. The van der Waals surface area contributed by atoms with E-state index in [9.17, 15) is 9.59 Å². The molecule has 4 heterocycles. The van der Waals surface area contributed by atoms with Gasteiger partial charge in [0.25, 0.3) is 11.1 Å². The Morgan fingerprint density at radius 2 is 1.75 bits per heavy atom. The van der Waals surface area contributed by atoms with Crippen molar-refractivity contribution >= 4 is 46.4 Å². The first kappa shape index (κ1) is 23.8. The SMILES string of the molecule is CN(Cc1ccccc1)c1cc(C=C2SC(=O)NC2=O)nc(N2CCCN(c3ccncc3)CC2)n1. The van der Waals surface area contributed by atoms with Crippen molar-refractivity contribution in [2.24, 2.45) is 0 Å². The van der Waals surface area contributed by atoms with Gasteiger partial charge < -0.3 is 14.7 Å². The molecule has 0 bridgehead atoms. The number of rotatable bonds is 6. The molecule has 2 aromatic heterocycles. The van der Waals surface area contributed by atoms with Crippen LogP contribution in [0.4, 0.5) is 22.2 Å². The third-order valence-electron chi connectivity index (χ3n) is 6.10. The van der Waals surface area contributed by atoms with Crippen molar-refractivity contribution in [2.75, 3.05) is 47.9 Å². The number of benzene rings is 1. The number of aromatic nitrogens is 3. The summed E-state index contributed by atoms with van der Waals surface area (Å²) in [6.45, 7) is 4.02. The Hall–Kier alpha value is -3.92. The lowest BCUT2D eigenvalue weighted by Gasteiger charge is -2.25. The summed E-state index contributed by atoms with van der Waals surface area (Å²) in [6.07, 6.45) is 6.25. The lowest BCUT2D eigenvalue weighted by Crippen LogP contribution is -2.32. The lowest BCUT2D eigenvalue weighted by molar-refractivity contribution is -0.115. The minimum absolute atomic E-state index is 0.334. The molecule has 2 fully saturated rings. The fourth-order valence-corrected chi connectivity index (χ4v) is 4.94. The van der Waals surface area contributed by atoms with Crippen LogP contribution in [-0.2, 0) is 11.3 Å². The first-order valence-electron chi connectivity index (χ1n) is 11.8. The molecule has 2 amide bonds. The zero-order valence-electron chi connectivity index (χ0n) is 20.0. The standard InChI is InChI=1S/C26H27N7O2S/c1-31(18-19-6-3-2-4-7-19)23-17-20(16-22-24(34)30-26(35)36-22)28-25(29-23)33-13-5-12-32(14-15-33)21-8-10-27-11-9-21/h2-4,6-11,16-17H,5,12-15,18H2,1H3,(H,30,34,35). The van der Waals surface area contributed by atoms with Gasteiger partial charge >= 0.3 is 0 Å². The number of carbonyl (C=O) groups excluding carboxylic acids is 2. The second kappa shape index (κ2) is 10.8. The highest BCUT2D eigenvalue weighted by atomic mass is 32.2. The molecule has 5 rings (SSSR count). The van der Waals surface area contributed by atoms with Gasteiger partial charge in [0, 0.05) is 63.9 Å². The number of hydrogen-bond donors (Lipinski definition) is 1. The minimum Gasteiger partial charge on any atom is -0.370 e. The van der Waals surface area contributed by atoms with Gasteiger partial charge in [-0.15, -0.1) is 0 Å². The van der Waals surface area contributed by atoms with Crippen molar-refractivity contribution in [2.45, 2.75) is 13.0 Å². The van der Waals surface area contributed by atoms with E-state index < -0.39 is 5.91 Å². The van der Waals surface area contributed by atoms with Crippen LogP contribution in [0.1, 0.15) is 17.7 Å². The maximum Gasteiger partial charge on any atom is 0.290 e. The van der Waals surface area contributed by atoms with Crippen LogP contribution in [0, 0.1) is 0 Å². The van der Waals surface area contributed by atoms with Crippen LogP contribution in [0.2, 0.25) is 0 Å². The molecule has 0 saturated carbocycles. The number of amides is 2. The van der Waals surface area contributed by atoms with Crippen molar-refractivity contribution in [1.82, 2.24) is 20.3 Å². The van der Waals surface area contributed by atoms with E-state index in [1.807, 2.05) is 55.8 Å². The number of pyridine rings is 1. The fourth-order valence-electron chi connectivity index (χ4n) is 4.27. The van der Waals surface area contributed by atoms with E-state index in [1.165, 1.54) is 5.56 Å². The lowest BCUT2D eigenvalue weighted by atomic mass is 10.2. The third kappa shape index (κ3) is 5.65. The molecule has 1 aromatic carbocycles. The second-order valence-electron chi connectivity index (χ2n) is 8.68. The summed E-state index contributed by atoms with van der Waals surface area (Å²) in [5.41, 5.74) is 2.92. The second-order valence-corrected chi connectivity index (χ2v) is 9.69. The summed E-state index contributed by atoms with van der Waals surface area (Å²) >= 11 is 0.890. The fraction of sp³-hybridized carbons (Fsp3) is 0.269. The molecular weight excluding hydrogens is 474 g/mol. The smallest absolute Gasteiger partial charge is 0.290 e. The van der Waals surface area contributed by atoms with E-state index >= 15 is 0 Å². The molecule has 3 aromatic rings. The van der Waals surface area contributed by atoms with Gasteiger partial charge in [-0.1, -0.05) is 30.3 Å². The molecule has 2 aliphatic rings. The summed E-state index contributed by atoms with van der Waals surface area (Å²) in [5, 5.41) is 1.94. The van der Waals surface area contributed by atoms with Gasteiger partial charge in [0.05, 0.1) is 10.6 Å². The van der Waals surface area contributed by atoms with Crippen LogP contribution in [0.3, 0.4) is 0 Å². The van der Waals surface area contributed by atoms with E-state index in [0.29, 0.717) is 23.1 Å². The van der Waals surface area contributed by atoms with Crippen LogP contribution < -0.4 is 20.0 Å². The average Bonchev–Trinajstić information content (AvgIpc) is 3.07. The van der Waals surface area contributed by atoms with Crippen LogP contribution in [-0.4, -0.2) is 59.3 Å². The number of thioether (sulfide) groups is 1. The average molecular weight is 502 g/mol. The van der Waals surface area contributed by atoms with E-state index in [-0.39, 0.29) is 5.24 Å². The maximum absolute atomic E-state index is 12.2. The first-order chi connectivity index (χ1) is 17.5. The maximum atomic E-state index is 12.2. The van der Waals surface area contributed by atoms with Gasteiger partial charge in [-0.3, -0.25) is 19.9 Å². The number of hydrogen-bond acceptors (Lipinski definition) is 9. The molecule has 9 nitrogen and oxygen atoms in total. The number of imide groups is 1. The number of nitrogens with one attached hydrogen (secondary N) is 1. The highest BCUT2D eigenvalue weighted by molar-refractivity contribution is 8.18. The van der Waals surface area contributed by atoms with Gasteiger partial charge in [0.1, 0.15) is 5.82 Å². The predicted molar refractivity (Wildman–Crippen MR) is 143 cm³/mol. The molecule has 2 aliphatic heterocycles. The predicted octanol–water partition coefficient (Wildman–Crippen LogP) is 3.55. The Labute approximate surface area is 214 Å². The van der Waals surface area contributed by atoms with Gasteiger partial charge in [0.2, 0.25) is 5.95 Å². The molecule has 1 N–H and O–H groups in total. The Bertz CT molecular complexity index is 1270. The number of nitrogens with zero attached hydrogens (tertiary/aromatic N) is 6. The van der Waals surface area contributed by atoms with Crippen LogP contribution in [0.15, 0.2) is 65.8 Å². The van der Waals surface area contributed by atoms with E-state index in [1.54, 1.807) is 6.08 Å². The molecular formula is C26H27N7O2S. The van der Waals surface area contributed by atoms with Crippen LogP contribution in [0.5, 0.6) is 0 Å². The monoisotopic (exact) mass is 501 g/mol. The van der Waals surface area contributed by atoms with Gasteiger partial charge in [0.15, 0.2) is 0 Å². The Morgan fingerprint density at radius 3 is 2.50 bits per heavy atom. The van der Waals surface area contributed by atoms with Crippen LogP contribution in [0.25, 0.3) is 6.08 Å². The molecule has 0 atom stereocenters. The molecule has 0 aliphatic carbocycles. The van der Waals surface area contributed by atoms with E-state index in [2.05, 4.69) is 37.1 Å².